The first-order valence-electron chi connectivity index (χ1n) is 8.33. The Hall–Kier alpha value is -2.71. The molecule has 27 heavy (non-hydrogen) atoms. The van der Waals surface area contributed by atoms with E-state index in [-0.39, 0.29) is 13.0 Å². The Bertz CT molecular complexity index is 878. The number of carboxylic acids is 1. The predicted octanol–water partition coefficient (Wildman–Crippen LogP) is 1.98. The summed E-state index contributed by atoms with van der Waals surface area (Å²) in [7, 11) is -3.89. The fraction of sp³-hybridized carbons (Fsp3) is 0.263. The number of benzene rings is 2. The Morgan fingerprint density at radius 3 is 2.22 bits per heavy atom. The van der Waals surface area contributed by atoms with Gasteiger partial charge in [-0.3, -0.25) is 4.79 Å². The largest absolute Gasteiger partial charge is 0.480 e. The van der Waals surface area contributed by atoms with Crippen molar-refractivity contribution < 1.29 is 27.9 Å². The lowest BCUT2D eigenvalue weighted by atomic mass is 10.1. The van der Waals surface area contributed by atoms with Crippen molar-refractivity contribution in [2.24, 2.45) is 0 Å². The summed E-state index contributed by atoms with van der Waals surface area (Å²) < 4.78 is 31.8. The highest BCUT2D eigenvalue weighted by Crippen LogP contribution is 2.11. The summed E-state index contributed by atoms with van der Waals surface area (Å²) in [4.78, 5) is 23.1. The zero-order valence-corrected chi connectivity index (χ0v) is 15.6. The summed E-state index contributed by atoms with van der Waals surface area (Å²) in [5.41, 5.74) is 1.46. The Morgan fingerprint density at radius 1 is 1.04 bits per heavy atom. The maximum absolute atomic E-state index is 12.4. The standard InChI is InChI=1S/C19H21NO6S/c1-2-26-19(23)16-10-8-15(9-11-16)13-27(24,25)20-17(18(21)22)12-14-6-4-3-5-7-14/h3-11,17,20H,2,12-13H2,1H3,(H,21,22)/t17-/m0/s1. The fourth-order valence-electron chi connectivity index (χ4n) is 2.46. The van der Waals surface area contributed by atoms with Gasteiger partial charge in [0.05, 0.1) is 17.9 Å². The number of carbonyl (C=O) groups is 2. The molecule has 2 aromatic rings. The highest BCUT2D eigenvalue weighted by Gasteiger charge is 2.24. The third kappa shape index (κ3) is 6.50. The van der Waals surface area contributed by atoms with E-state index in [0.29, 0.717) is 16.7 Å². The van der Waals surface area contributed by atoms with E-state index in [0.717, 1.165) is 0 Å². The smallest absolute Gasteiger partial charge is 0.338 e. The molecule has 0 saturated heterocycles. The number of carboxylic acid groups (broad SMARTS) is 1. The minimum absolute atomic E-state index is 0.0389. The maximum Gasteiger partial charge on any atom is 0.338 e. The van der Waals surface area contributed by atoms with Crippen molar-refractivity contribution in [3.05, 3.63) is 71.3 Å². The number of carbonyl (C=O) groups excluding carboxylic acids is 1. The van der Waals surface area contributed by atoms with Crippen LogP contribution < -0.4 is 4.72 Å². The van der Waals surface area contributed by atoms with Crippen LogP contribution in [-0.4, -0.2) is 38.1 Å². The second-order valence-corrected chi connectivity index (χ2v) is 7.63. The number of hydrogen-bond donors (Lipinski definition) is 2. The lowest BCUT2D eigenvalue weighted by Crippen LogP contribution is -2.42. The lowest BCUT2D eigenvalue weighted by Gasteiger charge is -2.15. The summed E-state index contributed by atoms with van der Waals surface area (Å²) in [5, 5.41) is 9.33. The van der Waals surface area contributed by atoms with Gasteiger partial charge in [0.15, 0.2) is 0 Å². The molecule has 0 fully saturated rings. The summed E-state index contributed by atoms with van der Waals surface area (Å²) >= 11 is 0. The highest BCUT2D eigenvalue weighted by molar-refractivity contribution is 7.88. The van der Waals surface area contributed by atoms with Gasteiger partial charge in [0.25, 0.3) is 0 Å². The van der Waals surface area contributed by atoms with Crippen molar-refractivity contribution in [2.75, 3.05) is 6.61 Å². The molecular weight excluding hydrogens is 370 g/mol. The Kier molecular flexibility index (Phi) is 7.09. The van der Waals surface area contributed by atoms with E-state index in [9.17, 15) is 23.1 Å². The molecule has 0 amide bonds. The Morgan fingerprint density at radius 2 is 1.67 bits per heavy atom. The minimum atomic E-state index is -3.89. The van der Waals surface area contributed by atoms with Crippen LogP contribution in [0.1, 0.15) is 28.4 Å². The average Bonchev–Trinajstić information content (AvgIpc) is 2.62. The average molecular weight is 391 g/mol. The minimum Gasteiger partial charge on any atom is -0.480 e. The number of rotatable bonds is 9. The summed E-state index contributed by atoms with van der Waals surface area (Å²) in [6, 6.07) is 13.5. The fourth-order valence-corrected chi connectivity index (χ4v) is 3.79. The van der Waals surface area contributed by atoms with E-state index in [1.807, 2.05) is 0 Å². The van der Waals surface area contributed by atoms with Crippen LogP contribution in [-0.2, 0) is 31.7 Å². The third-order valence-corrected chi connectivity index (χ3v) is 5.08. The number of esters is 1. The number of nitrogens with one attached hydrogen (secondary N) is 1. The molecule has 2 aromatic carbocycles. The first kappa shape index (κ1) is 20.6. The second-order valence-electron chi connectivity index (χ2n) is 5.87. The zero-order chi connectivity index (χ0) is 19.9. The van der Waals surface area contributed by atoms with Gasteiger partial charge in [-0.25, -0.2) is 17.9 Å². The number of ether oxygens (including phenoxy) is 1. The van der Waals surface area contributed by atoms with Gasteiger partial charge in [-0.05, 0) is 36.6 Å². The molecule has 0 spiro atoms. The highest BCUT2D eigenvalue weighted by atomic mass is 32.2. The predicted molar refractivity (Wildman–Crippen MR) is 99.7 cm³/mol. The zero-order valence-electron chi connectivity index (χ0n) is 14.8. The van der Waals surface area contributed by atoms with Crippen molar-refractivity contribution in [3.8, 4) is 0 Å². The van der Waals surface area contributed by atoms with Crippen molar-refractivity contribution in [3.63, 3.8) is 0 Å². The molecule has 0 aliphatic rings. The van der Waals surface area contributed by atoms with E-state index in [1.54, 1.807) is 37.3 Å². The van der Waals surface area contributed by atoms with Gasteiger partial charge >= 0.3 is 11.9 Å². The van der Waals surface area contributed by atoms with E-state index in [2.05, 4.69) is 4.72 Å². The summed E-state index contributed by atoms with van der Waals surface area (Å²) in [6.07, 6.45) is 0.0389. The van der Waals surface area contributed by atoms with Crippen molar-refractivity contribution >= 4 is 22.0 Å². The molecule has 0 saturated carbocycles. The van der Waals surface area contributed by atoms with E-state index < -0.39 is 33.8 Å². The molecular formula is C19H21NO6S. The third-order valence-electron chi connectivity index (χ3n) is 3.72. The molecule has 7 nitrogen and oxygen atoms in total. The number of hydrogen-bond acceptors (Lipinski definition) is 5. The van der Waals surface area contributed by atoms with Gasteiger partial charge in [-0.1, -0.05) is 42.5 Å². The molecule has 0 aromatic heterocycles. The van der Waals surface area contributed by atoms with Crippen LogP contribution >= 0.6 is 0 Å². The first-order chi connectivity index (χ1) is 12.8. The van der Waals surface area contributed by atoms with Gasteiger partial charge in [0, 0.05) is 0 Å². The lowest BCUT2D eigenvalue weighted by molar-refractivity contribution is -0.138. The van der Waals surface area contributed by atoms with Crippen LogP contribution in [0.5, 0.6) is 0 Å². The van der Waals surface area contributed by atoms with E-state index in [4.69, 9.17) is 4.74 Å². The molecule has 1 atom stereocenters. The molecule has 0 unspecified atom stereocenters. The van der Waals surface area contributed by atoms with Gasteiger partial charge in [0.2, 0.25) is 10.0 Å². The monoisotopic (exact) mass is 391 g/mol. The van der Waals surface area contributed by atoms with Crippen LogP contribution in [0.2, 0.25) is 0 Å². The SMILES string of the molecule is CCOC(=O)c1ccc(CS(=O)(=O)N[C@@H](Cc2ccccc2)C(=O)O)cc1. The van der Waals surface area contributed by atoms with Crippen LogP contribution in [0.25, 0.3) is 0 Å². The van der Waals surface area contributed by atoms with Crippen molar-refractivity contribution in [1.29, 1.82) is 0 Å². The number of sulfonamides is 1. The topological polar surface area (TPSA) is 110 Å². The molecule has 0 aliphatic carbocycles. The Labute approximate surface area is 158 Å². The van der Waals surface area contributed by atoms with E-state index >= 15 is 0 Å². The van der Waals surface area contributed by atoms with Gasteiger partial charge in [-0.2, -0.15) is 0 Å². The van der Waals surface area contributed by atoms with Crippen LogP contribution in [0.4, 0.5) is 0 Å². The van der Waals surface area contributed by atoms with E-state index in [1.165, 1.54) is 24.3 Å². The van der Waals surface area contributed by atoms with Crippen molar-refractivity contribution in [2.45, 2.75) is 25.1 Å². The molecule has 0 bridgehead atoms. The number of aliphatic carboxylic acids is 1. The van der Waals surface area contributed by atoms with Crippen LogP contribution in [0.15, 0.2) is 54.6 Å². The van der Waals surface area contributed by atoms with Gasteiger partial charge in [-0.15, -0.1) is 0 Å². The summed E-state index contributed by atoms with van der Waals surface area (Å²) in [6.45, 7) is 1.94. The van der Waals surface area contributed by atoms with Crippen LogP contribution in [0.3, 0.4) is 0 Å². The van der Waals surface area contributed by atoms with Gasteiger partial charge < -0.3 is 9.84 Å². The quantitative estimate of drug-likeness (QED) is 0.633. The molecule has 0 heterocycles. The molecule has 144 valence electrons. The molecule has 8 heteroatoms. The van der Waals surface area contributed by atoms with Crippen molar-refractivity contribution in [1.82, 2.24) is 4.72 Å². The molecule has 0 radical (unpaired) electrons. The first-order valence-corrected chi connectivity index (χ1v) is 9.98. The maximum atomic E-state index is 12.4. The Balaban J connectivity index is 2.06. The molecule has 2 rings (SSSR count). The molecule has 0 aliphatic heterocycles. The molecule has 2 N–H and O–H groups in total. The van der Waals surface area contributed by atoms with Crippen LogP contribution in [0, 0.1) is 0 Å². The normalized spacial score (nSPS) is 12.3. The summed E-state index contributed by atoms with van der Waals surface area (Å²) in [5.74, 6) is -2.13. The second kappa shape index (κ2) is 9.29. The van der Waals surface area contributed by atoms with Gasteiger partial charge in [0.1, 0.15) is 6.04 Å².